The third-order valence-corrected chi connectivity index (χ3v) is 8.46. The number of nitrogens with one attached hydrogen (secondary N) is 1. The summed E-state index contributed by atoms with van der Waals surface area (Å²) in [6, 6.07) is 0. The van der Waals surface area contributed by atoms with Gasteiger partial charge in [-0.15, -0.1) is 11.3 Å². The number of aliphatic imine (C=N–C) groups is 1. The maximum Gasteiger partial charge on any atom is 0.257 e. The van der Waals surface area contributed by atoms with Crippen LogP contribution in [0.5, 0.6) is 0 Å². The van der Waals surface area contributed by atoms with Crippen LogP contribution in [0.1, 0.15) is 96.0 Å². The third kappa shape index (κ3) is 11.7. The van der Waals surface area contributed by atoms with Crippen LogP contribution in [-0.2, 0) is 17.8 Å². The normalized spacial score (nSPS) is 16.0. The number of carbonyl (C=O) groups excluding carboxylic acids is 2. The zero-order valence-corrected chi connectivity index (χ0v) is 27.7. The first-order valence-corrected chi connectivity index (χ1v) is 15.6. The Balaban J connectivity index is 0.000000509. The van der Waals surface area contributed by atoms with Gasteiger partial charge in [-0.05, 0) is 64.0 Å². The monoisotopic (exact) mass is 580 g/mol. The first-order valence-electron chi connectivity index (χ1n) is 14.7. The van der Waals surface area contributed by atoms with Crippen molar-refractivity contribution in [2.75, 3.05) is 13.6 Å². The Bertz CT molecular complexity index is 1210. The van der Waals surface area contributed by atoms with Crippen molar-refractivity contribution in [1.29, 1.82) is 0 Å². The molecule has 1 atom stereocenters. The van der Waals surface area contributed by atoms with Gasteiger partial charge in [0.25, 0.3) is 5.91 Å². The van der Waals surface area contributed by atoms with E-state index in [1.807, 2.05) is 44.1 Å². The molecule has 0 radical (unpaired) electrons. The number of amidine groups is 1. The van der Waals surface area contributed by atoms with Crippen molar-refractivity contribution < 1.29 is 9.59 Å². The molecule has 1 aliphatic rings. The summed E-state index contributed by atoms with van der Waals surface area (Å²) in [7, 11) is 1.62. The summed E-state index contributed by atoms with van der Waals surface area (Å²) >= 11 is 1.52. The molecule has 6 nitrogen and oxygen atoms in total. The molecule has 41 heavy (non-hydrogen) atoms. The van der Waals surface area contributed by atoms with Gasteiger partial charge in [-0.2, -0.15) is 0 Å². The lowest BCUT2D eigenvalue weighted by Gasteiger charge is -2.27. The van der Waals surface area contributed by atoms with E-state index in [0.29, 0.717) is 42.5 Å². The molecule has 2 rings (SSSR count). The van der Waals surface area contributed by atoms with Crippen molar-refractivity contribution in [3.05, 3.63) is 80.3 Å². The van der Waals surface area contributed by atoms with Crippen LogP contribution >= 0.6 is 11.3 Å². The molecular weight excluding hydrogens is 528 g/mol. The van der Waals surface area contributed by atoms with E-state index in [0.717, 1.165) is 22.4 Å². The summed E-state index contributed by atoms with van der Waals surface area (Å²) in [5, 5.41) is 4.70. The highest BCUT2D eigenvalue weighted by Gasteiger charge is 2.27. The van der Waals surface area contributed by atoms with Crippen LogP contribution in [0, 0.1) is 11.8 Å². The van der Waals surface area contributed by atoms with Crippen LogP contribution in [0.3, 0.4) is 0 Å². The summed E-state index contributed by atoms with van der Waals surface area (Å²) in [6.07, 6.45) is 15.3. The third-order valence-electron chi connectivity index (χ3n) is 7.45. The van der Waals surface area contributed by atoms with E-state index in [1.54, 1.807) is 13.1 Å². The smallest absolute Gasteiger partial charge is 0.257 e. The minimum Gasteiger partial charge on any atom is -0.402 e. The highest BCUT2D eigenvalue weighted by molar-refractivity contribution is 7.10. The van der Waals surface area contributed by atoms with Gasteiger partial charge in [-0.1, -0.05) is 82.6 Å². The summed E-state index contributed by atoms with van der Waals surface area (Å²) in [4.78, 5) is 32.1. The molecule has 7 heteroatoms. The van der Waals surface area contributed by atoms with E-state index in [9.17, 15) is 9.59 Å². The minimum atomic E-state index is -0.190. The number of allylic oxidation sites excluding steroid dienone is 8. The summed E-state index contributed by atoms with van der Waals surface area (Å²) in [6.45, 7) is 19.8. The molecular formula is C34H52N4O2S. The van der Waals surface area contributed by atoms with Crippen molar-refractivity contribution in [2.45, 2.75) is 88.1 Å². The van der Waals surface area contributed by atoms with Crippen molar-refractivity contribution in [2.24, 2.45) is 22.6 Å². The van der Waals surface area contributed by atoms with Gasteiger partial charge >= 0.3 is 0 Å². The number of rotatable bonds is 9. The van der Waals surface area contributed by atoms with E-state index in [1.165, 1.54) is 28.9 Å². The van der Waals surface area contributed by atoms with Crippen LogP contribution in [0.2, 0.25) is 0 Å². The molecule has 2 heterocycles. The van der Waals surface area contributed by atoms with Gasteiger partial charge in [0.1, 0.15) is 5.84 Å². The number of nitrogens with two attached hydrogens (primary N) is 1. The molecule has 1 aromatic rings. The molecule has 3 N–H and O–H groups in total. The number of amides is 2. The maximum atomic E-state index is 12.7. The molecule has 0 spiro atoms. The largest absolute Gasteiger partial charge is 0.402 e. The van der Waals surface area contributed by atoms with Gasteiger partial charge < -0.3 is 16.0 Å². The van der Waals surface area contributed by atoms with Crippen molar-refractivity contribution in [3.63, 3.8) is 0 Å². The van der Waals surface area contributed by atoms with E-state index >= 15 is 0 Å². The lowest BCUT2D eigenvalue weighted by Crippen LogP contribution is -2.37. The Morgan fingerprint density at radius 2 is 1.85 bits per heavy atom. The first-order chi connectivity index (χ1) is 19.4. The SMILES string of the molecule is C/C=C(\C)C(=O)N1CCc2c(C(=O)NC(/C=C(\N)C(C)C)=NC)csc2C1.CCC(C)=C(C)/C=C\C=C/C(C)CC. The van der Waals surface area contributed by atoms with E-state index < -0.39 is 0 Å². The molecule has 1 unspecified atom stereocenters. The molecule has 0 aliphatic carbocycles. The van der Waals surface area contributed by atoms with Crippen LogP contribution in [-0.4, -0.2) is 36.1 Å². The van der Waals surface area contributed by atoms with Gasteiger partial charge in [0.05, 0.1) is 12.1 Å². The predicted molar refractivity (Wildman–Crippen MR) is 177 cm³/mol. The molecule has 2 amide bonds. The van der Waals surface area contributed by atoms with Crippen LogP contribution < -0.4 is 11.1 Å². The summed E-state index contributed by atoms with van der Waals surface area (Å²) in [5.74, 6) is 1.18. The average molecular weight is 581 g/mol. The Labute approximate surface area is 252 Å². The lowest BCUT2D eigenvalue weighted by atomic mass is 10.0. The number of carbonyl (C=O) groups is 2. The Kier molecular flexibility index (Phi) is 16.0. The number of hydrogen-bond donors (Lipinski definition) is 2. The fourth-order valence-electron chi connectivity index (χ4n) is 3.74. The van der Waals surface area contributed by atoms with Crippen molar-refractivity contribution in [3.8, 4) is 0 Å². The van der Waals surface area contributed by atoms with Gasteiger partial charge in [0.15, 0.2) is 0 Å². The van der Waals surface area contributed by atoms with Gasteiger partial charge in [-0.3, -0.25) is 14.6 Å². The second-order valence-corrected chi connectivity index (χ2v) is 11.8. The zero-order chi connectivity index (χ0) is 31.1. The maximum absolute atomic E-state index is 12.7. The molecule has 0 saturated carbocycles. The zero-order valence-electron chi connectivity index (χ0n) is 26.9. The fraction of sp³-hybridized carbons (Fsp3) is 0.500. The molecule has 0 aromatic carbocycles. The molecule has 0 saturated heterocycles. The topological polar surface area (TPSA) is 87.8 Å². The Morgan fingerprint density at radius 1 is 1.17 bits per heavy atom. The van der Waals surface area contributed by atoms with Crippen molar-refractivity contribution >= 4 is 29.0 Å². The fourth-order valence-corrected chi connectivity index (χ4v) is 4.83. The van der Waals surface area contributed by atoms with E-state index in [-0.39, 0.29) is 17.7 Å². The molecule has 0 fully saturated rings. The number of hydrogen-bond acceptors (Lipinski definition) is 5. The van der Waals surface area contributed by atoms with Crippen LogP contribution in [0.25, 0.3) is 0 Å². The second-order valence-electron chi connectivity index (χ2n) is 10.8. The molecule has 1 aromatic heterocycles. The molecule has 0 bridgehead atoms. The summed E-state index contributed by atoms with van der Waals surface area (Å²) < 4.78 is 0. The van der Waals surface area contributed by atoms with E-state index in [2.05, 4.69) is 69.2 Å². The predicted octanol–water partition coefficient (Wildman–Crippen LogP) is 7.75. The highest BCUT2D eigenvalue weighted by Crippen LogP contribution is 2.29. The van der Waals surface area contributed by atoms with Gasteiger partial charge in [0.2, 0.25) is 5.91 Å². The number of fused-ring (bicyclic) bond motifs is 1. The lowest BCUT2D eigenvalue weighted by molar-refractivity contribution is -0.127. The van der Waals surface area contributed by atoms with Crippen molar-refractivity contribution in [1.82, 2.24) is 10.2 Å². The molecule has 226 valence electrons. The van der Waals surface area contributed by atoms with Crippen LogP contribution in [0.15, 0.2) is 69.2 Å². The average Bonchev–Trinajstić information content (AvgIpc) is 3.41. The number of nitrogens with zero attached hydrogens (tertiary/aromatic N) is 2. The standard InChI is InChI=1S/C20H28N4O2S.C14H24/c1-6-13(4)20(26)24-8-7-14-15(11-27-17(14)10-24)19(25)23-18(22-5)9-16(21)12(2)3;1-6-12(3)10-8-9-11-14(5)13(4)7-2/h6,9,11-12H,7-8,10,21H2,1-5H3,(H,22,23,25);8-12H,6-7H2,1-5H3/b13-6+,16-9-;10-8-,11-9-,14-13?. The van der Waals surface area contributed by atoms with E-state index in [4.69, 9.17) is 5.73 Å². The van der Waals surface area contributed by atoms with Gasteiger partial charge in [-0.25, -0.2) is 0 Å². The summed E-state index contributed by atoms with van der Waals surface area (Å²) in [5.41, 5.74) is 11.9. The quantitative estimate of drug-likeness (QED) is 0.135. The molecule has 1 aliphatic heterocycles. The number of thiophene rings is 1. The van der Waals surface area contributed by atoms with Gasteiger partial charge in [0, 0.05) is 35.1 Å². The minimum absolute atomic E-state index is 0.0530. The Morgan fingerprint density at radius 3 is 2.41 bits per heavy atom. The highest BCUT2D eigenvalue weighted by atomic mass is 32.1. The van der Waals surface area contributed by atoms with Crippen LogP contribution in [0.4, 0.5) is 0 Å². The first kappa shape index (κ1) is 35.8. The Hall–Kier alpha value is -3.19. The second kappa shape index (κ2) is 18.3.